The number of nitrogens with zero attached hydrogens (tertiary/aromatic N) is 1. The number of nitrogens with one attached hydrogen (secondary N) is 2. The van der Waals surface area contributed by atoms with E-state index in [1.165, 1.54) is 18.2 Å². The van der Waals surface area contributed by atoms with Gasteiger partial charge in [0.2, 0.25) is 11.7 Å². The minimum absolute atomic E-state index is 0.246. The number of nitrogen functional groups attached to an aromatic ring is 1. The summed E-state index contributed by atoms with van der Waals surface area (Å²) in [5.74, 6) is -1.77. The molecule has 0 fully saturated rings. The van der Waals surface area contributed by atoms with E-state index in [0.717, 1.165) is 4.57 Å². The highest BCUT2D eigenvalue weighted by Gasteiger charge is 2.10. The highest BCUT2D eigenvalue weighted by atomic mass is 35.5. The van der Waals surface area contributed by atoms with Crippen LogP contribution in [0.4, 0.5) is 15.8 Å². The Kier molecular flexibility index (Phi) is 4.08. The average Bonchev–Trinajstić information content (AvgIpc) is 2.39. The molecule has 0 unspecified atom stereocenters. The van der Waals surface area contributed by atoms with Gasteiger partial charge in [-0.25, -0.2) is 4.79 Å². The number of benzene rings is 1. The maximum atomic E-state index is 13.1. The Morgan fingerprint density at radius 1 is 1.43 bits per heavy atom. The molecule has 7 nitrogen and oxygen atoms in total. The first-order chi connectivity index (χ1) is 9.86. The molecule has 9 heteroatoms. The average molecular weight is 313 g/mol. The maximum absolute atomic E-state index is 13.1. The number of halogens is 2. The molecule has 2 rings (SSSR count). The molecule has 0 saturated heterocycles. The first kappa shape index (κ1) is 14.8. The number of rotatable bonds is 3. The SMILES string of the molecule is Nc1cc(Cl)ccc1NC(=O)Cn1cc(F)c(=O)[nH]c1=O. The molecule has 21 heavy (non-hydrogen) atoms. The van der Waals surface area contributed by atoms with Crippen molar-refractivity contribution in [3.63, 3.8) is 0 Å². The van der Waals surface area contributed by atoms with Crippen molar-refractivity contribution in [2.75, 3.05) is 11.1 Å². The van der Waals surface area contributed by atoms with Gasteiger partial charge in [0.25, 0.3) is 5.56 Å². The predicted octanol–water partition coefficient (Wildman–Crippen LogP) is 0.550. The summed E-state index contributed by atoms with van der Waals surface area (Å²) in [7, 11) is 0. The lowest BCUT2D eigenvalue weighted by Gasteiger charge is -2.09. The summed E-state index contributed by atoms with van der Waals surface area (Å²) >= 11 is 5.72. The largest absolute Gasteiger partial charge is 0.397 e. The fourth-order valence-corrected chi connectivity index (χ4v) is 1.77. The maximum Gasteiger partial charge on any atom is 0.328 e. The summed E-state index contributed by atoms with van der Waals surface area (Å²) in [6.07, 6.45) is 0.659. The lowest BCUT2D eigenvalue weighted by molar-refractivity contribution is -0.116. The Labute approximate surface area is 122 Å². The molecule has 0 bridgehead atoms. The molecule has 0 saturated carbocycles. The summed E-state index contributed by atoms with van der Waals surface area (Å²) in [6.45, 7) is -0.478. The van der Waals surface area contributed by atoms with Gasteiger partial charge in [-0.15, -0.1) is 0 Å². The van der Waals surface area contributed by atoms with Crippen molar-refractivity contribution in [2.45, 2.75) is 6.54 Å². The number of nitrogens with two attached hydrogens (primary N) is 1. The number of carbonyl (C=O) groups excluding carboxylic acids is 1. The fourth-order valence-electron chi connectivity index (χ4n) is 1.59. The van der Waals surface area contributed by atoms with E-state index < -0.39 is 29.5 Å². The molecule has 1 heterocycles. The number of anilines is 2. The standard InChI is InChI=1S/C12H10ClFN4O3/c13-6-1-2-9(8(15)3-6)16-10(19)5-18-4-7(14)11(20)17-12(18)21/h1-4H,5,15H2,(H,16,19)(H,17,20,21). The zero-order chi connectivity index (χ0) is 15.6. The molecule has 1 amide bonds. The van der Waals surface area contributed by atoms with Crippen LogP contribution >= 0.6 is 11.6 Å². The van der Waals surface area contributed by atoms with E-state index in [-0.39, 0.29) is 5.69 Å². The molecule has 110 valence electrons. The lowest BCUT2D eigenvalue weighted by atomic mass is 10.2. The van der Waals surface area contributed by atoms with Gasteiger partial charge in [-0.1, -0.05) is 11.6 Å². The zero-order valence-electron chi connectivity index (χ0n) is 10.5. The fraction of sp³-hybridized carbons (Fsp3) is 0.0833. The Bertz CT molecular complexity index is 815. The second-order valence-corrected chi connectivity index (χ2v) is 4.58. The molecule has 0 aliphatic heterocycles. The molecule has 0 spiro atoms. The lowest BCUT2D eigenvalue weighted by Crippen LogP contribution is -2.34. The van der Waals surface area contributed by atoms with E-state index in [1.54, 1.807) is 4.98 Å². The Morgan fingerprint density at radius 2 is 2.14 bits per heavy atom. The van der Waals surface area contributed by atoms with Crippen LogP contribution in [-0.2, 0) is 11.3 Å². The van der Waals surface area contributed by atoms with Crippen LogP contribution in [0.3, 0.4) is 0 Å². The van der Waals surface area contributed by atoms with Gasteiger partial charge in [-0.2, -0.15) is 4.39 Å². The van der Waals surface area contributed by atoms with Crippen molar-refractivity contribution in [1.29, 1.82) is 0 Å². The van der Waals surface area contributed by atoms with Crippen molar-refractivity contribution in [2.24, 2.45) is 0 Å². The van der Waals surface area contributed by atoms with E-state index in [0.29, 0.717) is 16.9 Å². The number of carbonyl (C=O) groups is 1. The summed E-state index contributed by atoms with van der Waals surface area (Å²) in [4.78, 5) is 35.8. The van der Waals surface area contributed by atoms with Gasteiger partial charge in [0, 0.05) is 5.02 Å². The van der Waals surface area contributed by atoms with Crippen LogP contribution in [0.2, 0.25) is 5.02 Å². The molecular weight excluding hydrogens is 303 g/mol. The smallest absolute Gasteiger partial charge is 0.328 e. The van der Waals surface area contributed by atoms with Crippen molar-refractivity contribution in [3.05, 3.63) is 56.1 Å². The first-order valence-corrected chi connectivity index (χ1v) is 6.09. The number of hydrogen-bond donors (Lipinski definition) is 3. The van der Waals surface area contributed by atoms with Crippen LogP contribution in [0.5, 0.6) is 0 Å². The van der Waals surface area contributed by atoms with E-state index in [1.807, 2.05) is 0 Å². The molecule has 1 aromatic heterocycles. The van der Waals surface area contributed by atoms with Crippen LogP contribution in [0.1, 0.15) is 0 Å². The number of H-pyrrole nitrogens is 1. The summed E-state index contributed by atoms with van der Waals surface area (Å²) in [5.41, 5.74) is 4.19. The highest BCUT2D eigenvalue weighted by molar-refractivity contribution is 6.31. The molecule has 0 atom stereocenters. The van der Waals surface area contributed by atoms with Crippen LogP contribution in [-0.4, -0.2) is 15.5 Å². The normalized spacial score (nSPS) is 10.4. The van der Waals surface area contributed by atoms with Gasteiger partial charge in [-0.3, -0.25) is 19.1 Å². The third-order valence-electron chi connectivity index (χ3n) is 2.57. The molecular formula is C12H10ClFN4O3. The molecule has 4 N–H and O–H groups in total. The molecule has 0 aliphatic rings. The quantitative estimate of drug-likeness (QED) is 0.719. The summed E-state index contributed by atoms with van der Waals surface area (Å²) in [6, 6.07) is 4.47. The second kappa shape index (κ2) is 5.80. The highest BCUT2D eigenvalue weighted by Crippen LogP contribution is 2.22. The van der Waals surface area contributed by atoms with Gasteiger partial charge < -0.3 is 11.1 Å². The van der Waals surface area contributed by atoms with Crippen LogP contribution < -0.4 is 22.3 Å². The van der Waals surface area contributed by atoms with Gasteiger partial charge in [0.05, 0.1) is 17.6 Å². The molecule has 2 aromatic rings. The predicted molar refractivity (Wildman–Crippen MR) is 75.8 cm³/mol. The Morgan fingerprint density at radius 3 is 2.81 bits per heavy atom. The minimum atomic E-state index is -1.16. The second-order valence-electron chi connectivity index (χ2n) is 4.14. The molecule has 0 radical (unpaired) electrons. The third-order valence-corrected chi connectivity index (χ3v) is 2.80. The van der Waals surface area contributed by atoms with E-state index in [9.17, 15) is 18.8 Å². The van der Waals surface area contributed by atoms with Crippen molar-refractivity contribution >= 4 is 28.9 Å². The minimum Gasteiger partial charge on any atom is -0.397 e. The van der Waals surface area contributed by atoms with E-state index in [2.05, 4.69) is 5.32 Å². The summed E-state index contributed by atoms with van der Waals surface area (Å²) < 4.78 is 13.8. The first-order valence-electron chi connectivity index (χ1n) is 5.71. The Hall–Kier alpha value is -2.61. The topological polar surface area (TPSA) is 110 Å². The van der Waals surface area contributed by atoms with E-state index >= 15 is 0 Å². The number of aromatic amines is 1. The van der Waals surface area contributed by atoms with Crippen molar-refractivity contribution < 1.29 is 9.18 Å². The van der Waals surface area contributed by atoms with E-state index in [4.69, 9.17) is 17.3 Å². The van der Waals surface area contributed by atoms with Crippen molar-refractivity contribution in [1.82, 2.24) is 9.55 Å². The molecule has 1 aromatic carbocycles. The summed E-state index contributed by atoms with van der Waals surface area (Å²) in [5, 5.41) is 2.86. The molecule has 0 aliphatic carbocycles. The van der Waals surface area contributed by atoms with Crippen LogP contribution in [0.25, 0.3) is 0 Å². The van der Waals surface area contributed by atoms with Crippen molar-refractivity contribution in [3.8, 4) is 0 Å². The van der Waals surface area contributed by atoms with Gasteiger partial charge in [-0.05, 0) is 18.2 Å². The monoisotopic (exact) mass is 312 g/mol. The number of hydrogen-bond acceptors (Lipinski definition) is 4. The van der Waals surface area contributed by atoms with Gasteiger partial charge in [0.15, 0.2) is 0 Å². The third kappa shape index (κ3) is 3.48. The zero-order valence-corrected chi connectivity index (χ0v) is 11.3. The number of amides is 1. The van der Waals surface area contributed by atoms with Gasteiger partial charge >= 0.3 is 5.69 Å². The number of aromatic nitrogens is 2. The Balaban J connectivity index is 2.17. The van der Waals surface area contributed by atoms with Crippen LogP contribution in [0.15, 0.2) is 34.0 Å². The van der Waals surface area contributed by atoms with Gasteiger partial charge in [0.1, 0.15) is 6.54 Å². The van der Waals surface area contributed by atoms with Crippen LogP contribution in [0, 0.1) is 5.82 Å².